The molecule has 1 unspecified atom stereocenters. The van der Waals surface area contributed by atoms with Crippen LogP contribution in [0.3, 0.4) is 0 Å². The van der Waals surface area contributed by atoms with Gasteiger partial charge < -0.3 is 14.7 Å². The summed E-state index contributed by atoms with van der Waals surface area (Å²) in [6.07, 6.45) is 1.35. The Labute approximate surface area is 217 Å². The quantitative estimate of drug-likeness (QED) is 0.344. The molecule has 8 heteroatoms. The highest BCUT2D eigenvalue weighted by Crippen LogP contribution is 2.41. The zero-order valence-electron chi connectivity index (χ0n) is 21.3. The van der Waals surface area contributed by atoms with Crippen molar-refractivity contribution in [1.29, 1.82) is 0 Å². The van der Waals surface area contributed by atoms with Crippen LogP contribution in [0.5, 0.6) is 0 Å². The monoisotopic (exact) mass is 510 g/mol. The van der Waals surface area contributed by atoms with E-state index in [0.29, 0.717) is 11.3 Å². The molecule has 1 aliphatic heterocycles. The van der Waals surface area contributed by atoms with Crippen molar-refractivity contribution >= 4 is 54.0 Å². The molecule has 0 bridgehead atoms. The summed E-state index contributed by atoms with van der Waals surface area (Å²) in [5.41, 5.74) is 5.70. The highest BCUT2D eigenvalue weighted by Gasteiger charge is 2.36. The van der Waals surface area contributed by atoms with Gasteiger partial charge in [0.15, 0.2) is 0 Å². The molecule has 0 radical (unpaired) electrons. The van der Waals surface area contributed by atoms with Crippen molar-refractivity contribution < 1.29 is 14.0 Å². The van der Waals surface area contributed by atoms with E-state index in [-0.39, 0.29) is 23.3 Å². The summed E-state index contributed by atoms with van der Waals surface area (Å²) >= 11 is 0. The summed E-state index contributed by atoms with van der Waals surface area (Å²) in [7, 11) is -2.11. The summed E-state index contributed by atoms with van der Waals surface area (Å²) in [6.45, 7) is 7.90. The number of hydrazone groups is 1. The first-order valence-corrected chi connectivity index (χ1v) is 13.9. The number of carbonyl (C=O) groups excluding carboxylic acids is 2. The van der Waals surface area contributed by atoms with Gasteiger partial charge >= 0.3 is 0 Å². The molecule has 1 aliphatic rings. The van der Waals surface area contributed by atoms with E-state index in [0.717, 1.165) is 22.2 Å². The number of anilines is 1. The van der Waals surface area contributed by atoms with Gasteiger partial charge in [0.05, 0.1) is 23.6 Å². The Morgan fingerprint density at radius 1 is 1.00 bits per heavy atom. The molecule has 0 aliphatic carbocycles. The molecular weight excluding hydrogens is 480 g/mol. The van der Waals surface area contributed by atoms with Crippen molar-refractivity contribution in [3.8, 4) is 0 Å². The maximum absolute atomic E-state index is 12.9. The van der Waals surface area contributed by atoms with E-state index in [1.807, 2.05) is 42.5 Å². The van der Waals surface area contributed by atoms with Gasteiger partial charge in [0, 0.05) is 29.1 Å². The highest BCUT2D eigenvalue weighted by atomic mass is 28.3. The van der Waals surface area contributed by atoms with Crippen molar-refractivity contribution in [2.75, 3.05) is 5.32 Å². The van der Waals surface area contributed by atoms with Crippen LogP contribution in [0.25, 0.3) is 10.9 Å². The van der Waals surface area contributed by atoms with Gasteiger partial charge in [-0.3, -0.25) is 9.59 Å². The van der Waals surface area contributed by atoms with Crippen molar-refractivity contribution in [2.45, 2.75) is 33.8 Å². The molecule has 0 saturated carbocycles. The first-order valence-electron chi connectivity index (χ1n) is 12.3. The Bertz CT molecular complexity index is 1450. The van der Waals surface area contributed by atoms with Crippen LogP contribution in [0, 0.1) is 5.41 Å². The molecule has 3 N–H and O–H groups in total. The van der Waals surface area contributed by atoms with Crippen molar-refractivity contribution in [3.63, 3.8) is 0 Å². The minimum atomic E-state index is -2.11. The van der Waals surface area contributed by atoms with Crippen LogP contribution in [0.2, 0.25) is 0 Å². The Balaban J connectivity index is 1.69. The van der Waals surface area contributed by atoms with E-state index in [1.165, 1.54) is 17.3 Å². The van der Waals surface area contributed by atoms with E-state index in [4.69, 9.17) is 4.43 Å². The first-order chi connectivity index (χ1) is 17.7. The molecule has 1 atom stereocenters. The predicted octanol–water partition coefficient (Wildman–Crippen LogP) is 3.85. The smallest absolute Gasteiger partial charge is 0.272 e. The molecule has 7 nitrogen and oxygen atoms in total. The number of amides is 2. The number of aromatic amines is 1. The summed E-state index contributed by atoms with van der Waals surface area (Å²) in [5, 5.41) is 10.1. The molecule has 37 heavy (non-hydrogen) atoms. The van der Waals surface area contributed by atoms with Crippen LogP contribution in [0.15, 0.2) is 77.9 Å². The number of hydrogen-bond acceptors (Lipinski definition) is 4. The van der Waals surface area contributed by atoms with Gasteiger partial charge in [-0.2, -0.15) is 5.10 Å². The van der Waals surface area contributed by atoms with E-state index >= 15 is 0 Å². The summed E-state index contributed by atoms with van der Waals surface area (Å²) in [5.74, 6) is -0.536. The zero-order valence-corrected chi connectivity index (χ0v) is 22.5. The minimum absolute atomic E-state index is 0.209. The number of carbonyl (C=O) groups is 2. The number of hydrogen-bond donors (Lipinski definition) is 3. The third kappa shape index (κ3) is 4.98. The fourth-order valence-corrected chi connectivity index (χ4v) is 7.49. The molecule has 1 aromatic heterocycles. The molecular formula is C29H30N4O3Si. The number of nitrogens with one attached hydrogen (secondary N) is 3. The largest absolute Gasteiger partial charge is 0.402 e. The van der Waals surface area contributed by atoms with E-state index in [1.54, 1.807) is 12.3 Å². The van der Waals surface area contributed by atoms with Crippen LogP contribution in [0.4, 0.5) is 5.69 Å². The second-order valence-corrected chi connectivity index (χ2v) is 12.7. The summed E-state index contributed by atoms with van der Waals surface area (Å²) in [6, 6.07) is 24.3. The average molecular weight is 511 g/mol. The van der Waals surface area contributed by atoms with Gasteiger partial charge in [-0.1, -0.05) is 81.4 Å². The lowest BCUT2D eigenvalue weighted by Crippen LogP contribution is -2.47. The normalized spacial score (nSPS) is 13.9. The van der Waals surface area contributed by atoms with Gasteiger partial charge in [-0.25, -0.2) is 5.43 Å². The molecule has 2 heterocycles. The highest BCUT2D eigenvalue weighted by molar-refractivity contribution is 6.80. The molecule has 0 saturated heterocycles. The van der Waals surface area contributed by atoms with Gasteiger partial charge in [-0.05, 0) is 27.9 Å². The van der Waals surface area contributed by atoms with Crippen molar-refractivity contribution in [2.24, 2.45) is 10.5 Å². The lowest BCUT2D eigenvalue weighted by molar-refractivity contribution is -0.114. The van der Waals surface area contributed by atoms with Crippen LogP contribution in [-0.4, -0.2) is 32.1 Å². The second-order valence-electron chi connectivity index (χ2n) is 10.4. The van der Waals surface area contributed by atoms with Gasteiger partial charge in [0.1, 0.15) is 0 Å². The summed E-state index contributed by atoms with van der Waals surface area (Å²) < 4.78 is 7.14. The van der Waals surface area contributed by atoms with Crippen molar-refractivity contribution in [3.05, 3.63) is 89.6 Å². The zero-order chi connectivity index (χ0) is 26.2. The number of benzene rings is 3. The fraction of sp³-hybridized carbons (Fsp3) is 0.207. The lowest BCUT2D eigenvalue weighted by atomic mass is 9.86. The molecule has 188 valence electrons. The topological polar surface area (TPSA) is 95.6 Å². The number of nitrogens with zero attached hydrogens (tertiary/aromatic N) is 1. The van der Waals surface area contributed by atoms with Crippen LogP contribution < -0.4 is 21.1 Å². The SMILES string of the molecule is CC(=O)Nc1cc2c3c(c(C(O[SiH](c4ccccc4)c4ccccc4)C(C)(C)C)[nH]c3c1)C=NNC2=O. The number of H-pyrrole nitrogens is 1. The number of rotatable bonds is 6. The van der Waals surface area contributed by atoms with E-state index in [2.05, 4.69) is 65.9 Å². The van der Waals surface area contributed by atoms with Gasteiger partial charge in [0.2, 0.25) is 14.9 Å². The van der Waals surface area contributed by atoms with E-state index < -0.39 is 9.04 Å². The van der Waals surface area contributed by atoms with Crippen LogP contribution >= 0.6 is 0 Å². The molecule has 2 amide bonds. The Morgan fingerprint density at radius 2 is 1.62 bits per heavy atom. The van der Waals surface area contributed by atoms with Crippen LogP contribution in [0.1, 0.15) is 55.4 Å². The Hall–Kier alpha value is -4.01. The third-order valence-electron chi connectivity index (χ3n) is 6.42. The molecule has 3 aromatic carbocycles. The summed E-state index contributed by atoms with van der Waals surface area (Å²) in [4.78, 5) is 28.2. The standard InChI is InChI=1S/C29H30N4O3Si/c1-18(34)31-19-15-22-25-23(17-30-33-28(22)35)26(32-24(25)16-19)27(29(2,3)4)36-37(20-11-7-5-8-12-20)21-13-9-6-10-14-21/h5-17,27,32,37H,1-4H3,(H,31,34)(H,33,35). The average Bonchev–Trinajstić information content (AvgIpc) is 3.12. The van der Waals surface area contributed by atoms with Crippen molar-refractivity contribution in [1.82, 2.24) is 10.4 Å². The Morgan fingerprint density at radius 3 is 2.19 bits per heavy atom. The Kier molecular flexibility index (Phi) is 6.53. The van der Waals surface area contributed by atoms with E-state index in [9.17, 15) is 9.59 Å². The predicted molar refractivity (Wildman–Crippen MR) is 150 cm³/mol. The first kappa shape index (κ1) is 24.7. The lowest BCUT2D eigenvalue weighted by Gasteiger charge is -2.34. The molecule has 0 spiro atoms. The minimum Gasteiger partial charge on any atom is -0.402 e. The number of aromatic nitrogens is 1. The maximum Gasteiger partial charge on any atom is 0.272 e. The van der Waals surface area contributed by atoms with Crippen LogP contribution in [-0.2, 0) is 9.22 Å². The molecule has 0 fully saturated rings. The van der Waals surface area contributed by atoms with Gasteiger partial charge in [-0.15, -0.1) is 0 Å². The second kappa shape index (κ2) is 9.80. The van der Waals surface area contributed by atoms with Gasteiger partial charge in [0.25, 0.3) is 5.91 Å². The fourth-order valence-electron chi connectivity index (χ4n) is 4.84. The maximum atomic E-state index is 12.9. The molecule has 5 rings (SSSR count). The third-order valence-corrected chi connectivity index (χ3v) is 8.94. The molecule has 4 aromatic rings.